The molecule has 0 radical (unpaired) electrons. The van der Waals surface area contributed by atoms with Crippen molar-refractivity contribution >= 4 is 21.7 Å². The second-order valence-electron chi connectivity index (χ2n) is 4.57. The maximum Gasteiger partial charge on any atom is 0.327 e. The topological polar surface area (TPSA) is 90.3 Å². The number of hydrogen-bond donors (Lipinski definition) is 1. The number of carbonyl (C=O) groups is 1. The zero-order valence-corrected chi connectivity index (χ0v) is 12.7. The molecule has 22 heavy (non-hydrogen) atoms. The predicted octanol–water partition coefficient (Wildman–Crippen LogP) is 1.30. The van der Waals surface area contributed by atoms with Crippen LogP contribution in [0.4, 0.5) is 10.1 Å². The molecule has 1 heterocycles. The van der Waals surface area contributed by atoms with Gasteiger partial charge < -0.3 is 4.74 Å². The Kier molecular flexibility index (Phi) is 4.45. The minimum absolute atomic E-state index is 0.142. The van der Waals surface area contributed by atoms with Gasteiger partial charge in [0.1, 0.15) is 12.4 Å². The van der Waals surface area contributed by atoms with E-state index in [1.165, 1.54) is 36.3 Å². The standard InChI is InChI=1S/C13H14FN3O4S/c1-9-3-10(14)5-12(4-9)22(19,20)16-11-6-15-17(7-11)8-13(18)21-2/h3-7,16H,8H2,1-2H3. The Labute approximate surface area is 126 Å². The molecule has 118 valence electrons. The number of methoxy groups -OCH3 is 1. The number of carbonyl (C=O) groups excluding carboxylic acids is 1. The SMILES string of the molecule is COC(=O)Cn1cc(NS(=O)(=O)c2cc(C)cc(F)c2)cn1. The highest BCUT2D eigenvalue weighted by atomic mass is 32.2. The minimum atomic E-state index is -3.94. The van der Waals surface area contributed by atoms with E-state index < -0.39 is 21.8 Å². The van der Waals surface area contributed by atoms with Crippen molar-refractivity contribution in [2.75, 3.05) is 11.8 Å². The molecule has 0 saturated carbocycles. The van der Waals surface area contributed by atoms with Crippen molar-refractivity contribution in [3.05, 3.63) is 42.0 Å². The number of hydrogen-bond acceptors (Lipinski definition) is 5. The van der Waals surface area contributed by atoms with Crippen LogP contribution in [-0.2, 0) is 26.1 Å². The first-order valence-electron chi connectivity index (χ1n) is 6.19. The number of sulfonamides is 1. The van der Waals surface area contributed by atoms with Gasteiger partial charge in [-0.25, -0.2) is 12.8 Å². The molecule has 0 amide bonds. The van der Waals surface area contributed by atoms with Crippen molar-refractivity contribution in [1.29, 1.82) is 0 Å². The van der Waals surface area contributed by atoms with Crippen LogP contribution in [0.15, 0.2) is 35.5 Å². The summed E-state index contributed by atoms with van der Waals surface area (Å²) in [6.07, 6.45) is 2.58. The molecule has 1 N–H and O–H groups in total. The van der Waals surface area contributed by atoms with Gasteiger partial charge in [-0.15, -0.1) is 0 Å². The molecule has 2 rings (SSSR count). The van der Waals surface area contributed by atoms with Gasteiger partial charge in [0, 0.05) is 6.20 Å². The summed E-state index contributed by atoms with van der Waals surface area (Å²) in [6.45, 7) is 1.45. The highest BCUT2D eigenvalue weighted by molar-refractivity contribution is 7.92. The van der Waals surface area contributed by atoms with Crippen molar-refractivity contribution in [2.24, 2.45) is 0 Å². The fourth-order valence-electron chi connectivity index (χ4n) is 1.77. The van der Waals surface area contributed by atoms with Gasteiger partial charge in [0.2, 0.25) is 0 Å². The predicted molar refractivity (Wildman–Crippen MR) is 76.2 cm³/mol. The van der Waals surface area contributed by atoms with Crippen LogP contribution in [0.2, 0.25) is 0 Å². The fraction of sp³-hybridized carbons (Fsp3) is 0.231. The third-order valence-electron chi connectivity index (χ3n) is 2.73. The summed E-state index contributed by atoms with van der Waals surface area (Å²) in [4.78, 5) is 10.9. The number of rotatable bonds is 5. The normalized spacial score (nSPS) is 11.2. The molecule has 2 aromatic rings. The number of benzene rings is 1. The second-order valence-corrected chi connectivity index (χ2v) is 6.25. The van der Waals surface area contributed by atoms with Crippen molar-refractivity contribution in [2.45, 2.75) is 18.4 Å². The van der Waals surface area contributed by atoms with Crippen LogP contribution in [0.5, 0.6) is 0 Å². The summed E-state index contributed by atoms with van der Waals surface area (Å²) in [5, 5.41) is 3.83. The van der Waals surface area contributed by atoms with E-state index in [-0.39, 0.29) is 17.1 Å². The first-order chi connectivity index (χ1) is 10.3. The van der Waals surface area contributed by atoms with Crippen LogP contribution in [0, 0.1) is 12.7 Å². The van der Waals surface area contributed by atoms with Gasteiger partial charge in [-0.1, -0.05) is 0 Å². The lowest BCUT2D eigenvalue weighted by Crippen LogP contribution is -2.13. The maximum atomic E-state index is 13.3. The second kappa shape index (κ2) is 6.14. The number of nitrogens with zero attached hydrogens (tertiary/aromatic N) is 2. The first-order valence-corrected chi connectivity index (χ1v) is 7.68. The molecule has 9 heteroatoms. The van der Waals surface area contributed by atoms with Crippen LogP contribution in [0.1, 0.15) is 5.56 Å². The molecule has 0 spiro atoms. The van der Waals surface area contributed by atoms with E-state index in [2.05, 4.69) is 14.6 Å². The van der Waals surface area contributed by atoms with Gasteiger partial charge in [0.05, 0.1) is 23.9 Å². The smallest absolute Gasteiger partial charge is 0.327 e. The quantitative estimate of drug-likeness (QED) is 0.836. The summed E-state index contributed by atoms with van der Waals surface area (Å²) < 4.78 is 45.7. The van der Waals surface area contributed by atoms with Crippen LogP contribution < -0.4 is 4.72 Å². The molecule has 0 fully saturated rings. The zero-order valence-electron chi connectivity index (χ0n) is 11.9. The first kappa shape index (κ1) is 16.0. The number of anilines is 1. The number of nitrogens with one attached hydrogen (secondary N) is 1. The zero-order chi connectivity index (χ0) is 16.3. The molecule has 0 bridgehead atoms. The summed E-state index contributed by atoms with van der Waals surface area (Å²) in [5.74, 6) is -1.15. The molecule has 0 atom stereocenters. The summed E-state index contributed by atoms with van der Waals surface area (Å²) in [6, 6.07) is 3.51. The lowest BCUT2D eigenvalue weighted by Gasteiger charge is -2.07. The van der Waals surface area contributed by atoms with Gasteiger partial charge >= 0.3 is 5.97 Å². The Bertz CT molecular complexity index is 781. The molecular formula is C13H14FN3O4S. The number of aryl methyl sites for hydroxylation is 1. The molecule has 1 aromatic carbocycles. The van der Waals surface area contributed by atoms with Crippen molar-refractivity contribution in [3.63, 3.8) is 0 Å². The van der Waals surface area contributed by atoms with Crippen molar-refractivity contribution < 1.29 is 22.3 Å². The van der Waals surface area contributed by atoms with Crippen molar-refractivity contribution in [1.82, 2.24) is 9.78 Å². The van der Waals surface area contributed by atoms with Gasteiger partial charge in [-0.05, 0) is 30.7 Å². The Morgan fingerprint density at radius 2 is 2.14 bits per heavy atom. The summed E-state index contributed by atoms with van der Waals surface area (Å²) in [5.41, 5.74) is 0.646. The number of aromatic nitrogens is 2. The third kappa shape index (κ3) is 3.82. The monoisotopic (exact) mass is 327 g/mol. The number of ether oxygens (including phenoxy) is 1. The molecule has 0 aliphatic rings. The van der Waals surface area contributed by atoms with E-state index in [0.29, 0.717) is 5.56 Å². The number of esters is 1. The van der Waals surface area contributed by atoms with Crippen LogP contribution >= 0.6 is 0 Å². The molecule has 7 nitrogen and oxygen atoms in total. The summed E-state index contributed by atoms with van der Waals surface area (Å²) in [7, 11) is -2.70. The molecular weight excluding hydrogens is 313 g/mol. The van der Waals surface area contributed by atoms with Gasteiger partial charge in [0.15, 0.2) is 0 Å². The lowest BCUT2D eigenvalue weighted by molar-refractivity contribution is -0.141. The average Bonchev–Trinajstić information content (AvgIpc) is 2.83. The number of halogens is 1. The van der Waals surface area contributed by atoms with Crippen molar-refractivity contribution in [3.8, 4) is 0 Å². The Hall–Kier alpha value is -2.42. The summed E-state index contributed by atoms with van der Waals surface area (Å²) >= 11 is 0. The fourth-order valence-corrected chi connectivity index (χ4v) is 2.91. The Balaban J connectivity index is 2.20. The molecule has 0 aliphatic carbocycles. The van der Waals surface area contributed by atoms with E-state index in [9.17, 15) is 17.6 Å². The van der Waals surface area contributed by atoms with E-state index in [4.69, 9.17) is 0 Å². The highest BCUT2D eigenvalue weighted by Gasteiger charge is 2.17. The van der Waals surface area contributed by atoms with Gasteiger partial charge in [-0.2, -0.15) is 5.10 Å². The van der Waals surface area contributed by atoms with Crippen LogP contribution in [0.25, 0.3) is 0 Å². The van der Waals surface area contributed by atoms with E-state index in [1.54, 1.807) is 6.92 Å². The molecule has 0 aliphatic heterocycles. The Morgan fingerprint density at radius 1 is 1.41 bits per heavy atom. The van der Waals surface area contributed by atoms with Crippen LogP contribution in [0.3, 0.4) is 0 Å². The maximum absolute atomic E-state index is 13.3. The minimum Gasteiger partial charge on any atom is -0.468 e. The largest absolute Gasteiger partial charge is 0.468 e. The molecule has 1 aromatic heterocycles. The van der Waals surface area contributed by atoms with E-state index in [0.717, 1.165) is 6.07 Å². The molecule has 0 unspecified atom stereocenters. The Morgan fingerprint density at radius 3 is 2.77 bits per heavy atom. The van der Waals surface area contributed by atoms with E-state index >= 15 is 0 Å². The molecule has 0 saturated heterocycles. The third-order valence-corrected chi connectivity index (χ3v) is 4.09. The highest BCUT2D eigenvalue weighted by Crippen LogP contribution is 2.18. The van der Waals surface area contributed by atoms with E-state index in [1.807, 2.05) is 0 Å². The van der Waals surface area contributed by atoms with Gasteiger partial charge in [0.25, 0.3) is 10.0 Å². The van der Waals surface area contributed by atoms with Gasteiger partial charge in [-0.3, -0.25) is 14.2 Å². The average molecular weight is 327 g/mol. The van der Waals surface area contributed by atoms with Crippen LogP contribution in [-0.4, -0.2) is 31.3 Å². The lowest BCUT2D eigenvalue weighted by atomic mass is 10.2.